The van der Waals surface area contributed by atoms with Gasteiger partial charge in [-0.15, -0.1) is 11.3 Å². The first kappa shape index (κ1) is 11.0. The molecule has 0 unspecified atom stereocenters. The Bertz CT molecular complexity index is 536. The quantitative estimate of drug-likeness (QED) is 0.607. The van der Waals surface area contributed by atoms with Crippen LogP contribution in [-0.4, -0.2) is 9.91 Å². The molecule has 6 heteroatoms. The summed E-state index contributed by atoms with van der Waals surface area (Å²) in [5, 5.41) is 10.5. The summed E-state index contributed by atoms with van der Waals surface area (Å²) in [4.78, 5) is 15.1. The fraction of sp³-hybridized carbons (Fsp3) is 0.100. The van der Waals surface area contributed by atoms with Crippen LogP contribution in [0.3, 0.4) is 0 Å². The third-order valence-corrected chi connectivity index (χ3v) is 3.42. The molecular weight excluding hydrogens is 248 g/mol. The van der Waals surface area contributed by atoms with E-state index in [9.17, 15) is 10.1 Å². The number of aromatic nitrogens is 1. The number of nitro benzene ring substituents is 1. The Balaban J connectivity index is 2.42. The standard InChI is InChI=1S/C10H7ClN2O2S/c1-6-9(16-10(11)12-6)7-2-4-8(5-3-7)13(14)15/h2-5H,1H3. The van der Waals surface area contributed by atoms with E-state index in [0.717, 1.165) is 16.1 Å². The molecule has 4 nitrogen and oxygen atoms in total. The van der Waals surface area contributed by atoms with E-state index < -0.39 is 4.92 Å². The van der Waals surface area contributed by atoms with Crippen molar-refractivity contribution < 1.29 is 4.92 Å². The van der Waals surface area contributed by atoms with Crippen molar-refractivity contribution in [2.24, 2.45) is 0 Å². The summed E-state index contributed by atoms with van der Waals surface area (Å²) >= 11 is 7.16. The summed E-state index contributed by atoms with van der Waals surface area (Å²) in [5.41, 5.74) is 1.81. The van der Waals surface area contributed by atoms with E-state index in [4.69, 9.17) is 11.6 Å². The van der Waals surface area contributed by atoms with E-state index in [1.165, 1.54) is 23.5 Å². The third-order valence-electron chi connectivity index (χ3n) is 2.11. The summed E-state index contributed by atoms with van der Waals surface area (Å²) < 4.78 is 0.478. The first-order valence-electron chi connectivity index (χ1n) is 4.45. The van der Waals surface area contributed by atoms with Crippen molar-refractivity contribution in [3.63, 3.8) is 0 Å². The van der Waals surface area contributed by atoms with Gasteiger partial charge in [0.05, 0.1) is 15.5 Å². The van der Waals surface area contributed by atoms with Gasteiger partial charge in [-0.05, 0) is 24.6 Å². The van der Waals surface area contributed by atoms with Gasteiger partial charge in [0.2, 0.25) is 0 Å². The number of halogens is 1. The lowest BCUT2D eigenvalue weighted by Crippen LogP contribution is -1.87. The molecule has 0 saturated carbocycles. The Labute approximate surface area is 101 Å². The molecule has 0 aliphatic carbocycles. The molecule has 0 saturated heterocycles. The second-order valence-corrected chi connectivity index (χ2v) is 4.77. The monoisotopic (exact) mass is 254 g/mol. The summed E-state index contributed by atoms with van der Waals surface area (Å²) in [6.45, 7) is 1.86. The number of nitro groups is 1. The molecule has 0 spiro atoms. The molecule has 1 heterocycles. The van der Waals surface area contributed by atoms with Crippen LogP contribution in [-0.2, 0) is 0 Å². The zero-order chi connectivity index (χ0) is 11.7. The number of hydrogen-bond acceptors (Lipinski definition) is 4. The van der Waals surface area contributed by atoms with Crippen LogP contribution in [0.5, 0.6) is 0 Å². The zero-order valence-corrected chi connectivity index (χ0v) is 9.88. The van der Waals surface area contributed by atoms with Crippen LogP contribution in [0.4, 0.5) is 5.69 Å². The van der Waals surface area contributed by atoms with E-state index in [1.54, 1.807) is 12.1 Å². The highest BCUT2D eigenvalue weighted by Crippen LogP contribution is 2.32. The predicted molar refractivity (Wildman–Crippen MR) is 64.0 cm³/mol. The second kappa shape index (κ2) is 4.19. The van der Waals surface area contributed by atoms with E-state index in [0.29, 0.717) is 4.47 Å². The Morgan fingerprint density at radius 1 is 1.38 bits per heavy atom. The average Bonchev–Trinajstić information content (AvgIpc) is 2.58. The number of benzene rings is 1. The maximum Gasteiger partial charge on any atom is 0.269 e. The molecule has 0 aliphatic rings. The highest BCUT2D eigenvalue weighted by atomic mass is 35.5. The molecule has 16 heavy (non-hydrogen) atoms. The lowest BCUT2D eigenvalue weighted by atomic mass is 10.1. The molecule has 0 radical (unpaired) electrons. The molecule has 82 valence electrons. The van der Waals surface area contributed by atoms with E-state index in [-0.39, 0.29) is 5.69 Å². The number of aryl methyl sites for hydroxylation is 1. The van der Waals surface area contributed by atoms with E-state index in [2.05, 4.69) is 4.98 Å². The Hall–Kier alpha value is -1.46. The van der Waals surface area contributed by atoms with Crippen molar-refractivity contribution in [3.05, 3.63) is 44.5 Å². The van der Waals surface area contributed by atoms with Gasteiger partial charge in [0.1, 0.15) is 0 Å². The van der Waals surface area contributed by atoms with Gasteiger partial charge >= 0.3 is 0 Å². The lowest BCUT2D eigenvalue weighted by Gasteiger charge is -1.97. The van der Waals surface area contributed by atoms with Crippen molar-refractivity contribution in [1.29, 1.82) is 0 Å². The van der Waals surface area contributed by atoms with Crippen molar-refractivity contribution in [2.45, 2.75) is 6.92 Å². The molecule has 2 aromatic rings. The van der Waals surface area contributed by atoms with Crippen LogP contribution in [0.25, 0.3) is 10.4 Å². The van der Waals surface area contributed by atoms with Crippen molar-refractivity contribution in [2.75, 3.05) is 0 Å². The Morgan fingerprint density at radius 3 is 2.44 bits per heavy atom. The molecule has 0 fully saturated rings. The van der Waals surface area contributed by atoms with E-state index in [1.807, 2.05) is 6.92 Å². The molecule has 2 rings (SSSR count). The first-order valence-corrected chi connectivity index (χ1v) is 5.65. The normalized spacial score (nSPS) is 10.4. The number of rotatable bonds is 2. The molecule has 0 N–H and O–H groups in total. The van der Waals surface area contributed by atoms with Crippen LogP contribution in [0.15, 0.2) is 24.3 Å². The zero-order valence-electron chi connectivity index (χ0n) is 8.31. The van der Waals surface area contributed by atoms with Crippen LogP contribution in [0.1, 0.15) is 5.69 Å². The Kier molecular flexibility index (Phi) is 2.89. The fourth-order valence-electron chi connectivity index (χ4n) is 1.37. The number of nitrogens with zero attached hydrogens (tertiary/aromatic N) is 2. The maximum atomic E-state index is 10.5. The lowest BCUT2D eigenvalue weighted by molar-refractivity contribution is -0.384. The van der Waals surface area contributed by atoms with Crippen LogP contribution < -0.4 is 0 Å². The summed E-state index contributed by atoms with van der Waals surface area (Å²) in [6, 6.07) is 6.36. The van der Waals surface area contributed by atoms with Crippen molar-refractivity contribution in [1.82, 2.24) is 4.98 Å². The third kappa shape index (κ3) is 2.05. The van der Waals surface area contributed by atoms with Crippen molar-refractivity contribution in [3.8, 4) is 10.4 Å². The SMILES string of the molecule is Cc1nc(Cl)sc1-c1ccc([N+](=O)[O-])cc1. The highest BCUT2D eigenvalue weighted by molar-refractivity contribution is 7.19. The smallest absolute Gasteiger partial charge is 0.258 e. The summed E-state index contributed by atoms with van der Waals surface area (Å²) in [7, 11) is 0. The molecular formula is C10H7ClN2O2S. The topological polar surface area (TPSA) is 56.0 Å². The minimum atomic E-state index is -0.420. The summed E-state index contributed by atoms with van der Waals surface area (Å²) in [5.74, 6) is 0. The molecule has 0 aliphatic heterocycles. The second-order valence-electron chi connectivity index (χ2n) is 3.19. The van der Waals surface area contributed by atoms with Gasteiger partial charge in [0.25, 0.3) is 5.69 Å². The largest absolute Gasteiger partial charge is 0.269 e. The van der Waals surface area contributed by atoms with Crippen LogP contribution in [0.2, 0.25) is 4.47 Å². The molecule has 0 bridgehead atoms. The van der Waals surface area contributed by atoms with E-state index >= 15 is 0 Å². The molecule has 0 amide bonds. The fourth-order valence-corrected chi connectivity index (χ4v) is 2.52. The summed E-state index contributed by atoms with van der Waals surface area (Å²) in [6.07, 6.45) is 0. The Morgan fingerprint density at radius 2 is 2.00 bits per heavy atom. The first-order chi connectivity index (χ1) is 7.58. The number of non-ortho nitro benzene ring substituents is 1. The minimum absolute atomic E-state index is 0.0806. The minimum Gasteiger partial charge on any atom is -0.258 e. The van der Waals surface area contributed by atoms with Gasteiger partial charge in [-0.3, -0.25) is 10.1 Å². The van der Waals surface area contributed by atoms with Gasteiger partial charge in [-0.2, -0.15) is 0 Å². The van der Waals surface area contributed by atoms with Gasteiger partial charge in [-0.25, -0.2) is 4.98 Å². The molecule has 1 aromatic heterocycles. The number of hydrogen-bond donors (Lipinski definition) is 0. The molecule has 1 aromatic carbocycles. The van der Waals surface area contributed by atoms with Gasteiger partial charge in [0.15, 0.2) is 4.47 Å². The van der Waals surface area contributed by atoms with Gasteiger partial charge in [-0.1, -0.05) is 11.6 Å². The highest BCUT2D eigenvalue weighted by Gasteiger charge is 2.10. The van der Waals surface area contributed by atoms with Crippen molar-refractivity contribution >= 4 is 28.6 Å². The maximum absolute atomic E-state index is 10.5. The number of thiazole rings is 1. The van der Waals surface area contributed by atoms with Gasteiger partial charge < -0.3 is 0 Å². The predicted octanol–water partition coefficient (Wildman–Crippen LogP) is 3.68. The van der Waals surface area contributed by atoms with Crippen LogP contribution >= 0.6 is 22.9 Å². The van der Waals surface area contributed by atoms with Gasteiger partial charge in [0, 0.05) is 12.1 Å². The van der Waals surface area contributed by atoms with Crippen LogP contribution in [0, 0.1) is 17.0 Å². The average molecular weight is 255 g/mol. The molecule has 0 atom stereocenters.